The highest BCUT2D eigenvalue weighted by Crippen LogP contribution is 2.58. The minimum Gasteiger partial charge on any atom is -0.327 e. The van der Waals surface area contributed by atoms with Crippen LogP contribution in [0, 0.1) is 12.3 Å². The van der Waals surface area contributed by atoms with Gasteiger partial charge in [0.15, 0.2) is 0 Å². The quantitative estimate of drug-likeness (QED) is 0.812. The second-order valence-corrected chi connectivity index (χ2v) is 5.69. The molecule has 88 valence electrons. The van der Waals surface area contributed by atoms with E-state index in [9.17, 15) is 0 Å². The molecule has 1 aliphatic carbocycles. The van der Waals surface area contributed by atoms with Crippen LogP contribution in [-0.2, 0) is 0 Å². The van der Waals surface area contributed by atoms with E-state index in [0.29, 0.717) is 5.92 Å². The number of aromatic nitrogens is 1. The number of aryl methyl sites for hydroxylation is 1. The van der Waals surface area contributed by atoms with Gasteiger partial charge in [-0.2, -0.15) is 0 Å². The lowest BCUT2D eigenvalue weighted by Gasteiger charge is -2.08. The first kappa shape index (κ1) is 10.7. The Morgan fingerprint density at radius 3 is 2.53 bits per heavy atom. The van der Waals surface area contributed by atoms with Gasteiger partial charge in [-0.25, -0.2) is 0 Å². The van der Waals surface area contributed by atoms with Crippen LogP contribution in [0.1, 0.15) is 31.0 Å². The third-order valence-electron chi connectivity index (χ3n) is 4.12. The summed E-state index contributed by atoms with van der Waals surface area (Å²) < 4.78 is 0. The molecular formula is C15H18N2. The van der Waals surface area contributed by atoms with Crippen LogP contribution < -0.4 is 5.73 Å². The maximum atomic E-state index is 6.20. The van der Waals surface area contributed by atoms with Crippen molar-refractivity contribution < 1.29 is 0 Å². The summed E-state index contributed by atoms with van der Waals surface area (Å²) in [6.45, 7) is 6.54. The van der Waals surface area contributed by atoms with Gasteiger partial charge in [-0.3, -0.25) is 4.98 Å². The summed E-state index contributed by atoms with van der Waals surface area (Å²) in [5.74, 6) is 0.467. The molecule has 1 heterocycles. The fraction of sp³-hybridized carbons (Fsp3) is 0.400. The van der Waals surface area contributed by atoms with Crippen molar-refractivity contribution in [1.29, 1.82) is 0 Å². The number of hydrogen-bond acceptors (Lipinski definition) is 2. The van der Waals surface area contributed by atoms with Gasteiger partial charge in [0.05, 0.1) is 5.52 Å². The minimum absolute atomic E-state index is 0.219. The molecule has 1 fully saturated rings. The van der Waals surface area contributed by atoms with Crippen molar-refractivity contribution in [3.8, 4) is 0 Å². The Bertz CT molecular complexity index is 586. The highest BCUT2D eigenvalue weighted by molar-refractivity contribution is 5.83. The molecule has 1 saturated carbocycles. The standard InChI is InChI=1S/C15H18N2/c1-9-8-11(13-14(16)15(13,2)3)10-6-4-5-7-12(10)17-9/h4-8,13-14H,16H2,1-3H3. The predicted octanol–water partition coefficient (Wildman–Crippen LogP) is 2.99. The van der Waals surface area contributed by atoms with E-state index < -0.39 is 0 Å². The molecule has 1 aliphatic rings. The Balaban J connectivity index is 2.23. The van der Waals surface area contributed by atoms with Gasteiger partial charge in [0.1, 0.15) is 0 Å². The summed E-state index contributed by atoms with van der Waals surface area (Å²) >= 11 is 0. The smallest absolute Gasteiger partial charge is 0.0708 e. The second kappa shape index (κ2) is 3.30. The largest absolute Gasteiger partial charge is 0.327 e. The predicted molar refractivity (Wildman–Crippen MR) is 71.0 cm³/mol. The van der Waals surface area contributed by atoms with E-state index in [-0.39, 0.29) is 11.5 Å². The van der Waals surface area contributed by atoms with E-state index in [1.54, 1.807) is 0 Å². The average Bonchev–Trinajstić information content (AvgIpc) is 2.77. The molecule has 0 aliphatic heterocycles. The van der Waals surface area contributed by atoms with E-state index in [1.807, 2.05) is 6.07 Å². The summed E-state index contributed by atoms with van der Waals surface area (Å²) in [5, 5.41) is 1.25. The Hall–Kier alpha value is -1.41. The molecule has 2 heteroatoms. The summed E-state index contributed by atoms with van der Waals surface area (Å²) in [6.07, 6.45) is 0. The monoisotopic (exact) mass is 226 g/mol. The number of para-hydroxylation sites is 1. The van der Waals surface area contributed by atoms with Crippen molar-refractivity contribution in [1.82, 2.24) is 4.98 Å². The second-order valence-electron chi connectivity index (χ2n) is 5.69. The molecule has 1 aromatic carbocycles. The van der Waals surface area contributed by atoms with Crippen LogP contribution in [0.15, 0.2) is 30.3 Å². The summed E-state index contributed by atoms with van der Waals surface area (Å²) in [4.78, 5) is 4.58. The molecule has 2 aromatic rings. The average molecular weight is 226 g/mol. The Labute approximate surface area is 102 Å². The first-order valence-electron chi connectivity index (χ1n) is 6.13. The Morgan fingerprint density at radius 2 is 1.88 bits per heavy atom. The third kappa shape index (κ3) is 1.48. The van der Waals surface area contributed by atoms with Gasteiger partial charge in [0, 0.05) is 23.0 Å². The lowest BCUT2D eigenvalue weighted by Crippen LogP contribution is -2.06. The van der Waals surface area contributed by atoms with Gasteiger partial charge < -0.3 is 5.73 Å². The maximum absolute atomic E-state index is 6.20. The molecule has 0 bridgehead atoms. The zero-order valence-electron chi connectivity index (χ0n) is 10.6. The van der Waals surface area contributed by atoms with Crippen LogP contribution in [0.3, 0.4) is 0 Å². The molecule has 3 rings (SSSR count). The Kier molecular flexibility index (Phi) is 2.08. The molecule has 2 unspecified atom stereocenters. The van der Waals surface area contributed by atoms with Gasteiger partial charge in [-0.15, -0.1) is 0 Å². The molecule has 0 saturated heterocycles. The van der Waals surface area contributed by atoms with Gasteiger partial charge in [-0.1, -0.05) is 32.0 Å². The van der Waals surface area contributed by atoms with Crippen molar-refractivity contribution in [2.45, 2.75) is 32.7 Å². The molecule has 2 atom stereocenters. The van der Waals surface area contributed by atoms with Crippen molar-refractivity contribution in [2.24, 2.45) is 11.1 Å². The summed E-state index contributed by atoms with van der Waals surface area (Å²) in [6, 6.07) is 10.8. The van der Waals surface area contributed by atoms with Crippen molar-refractivity contribution in [2.75, 3.05) is 0 Å². The van der Waals surface area contributed by atoms with E-state index in [4.69, 9.17) is 5.73 Å². The molecule has 2 N–H and O–H groups in total. The van der Waals surface area contributed by atoms with E-state index in [2.05, 4.69) is 50.0 Å². The van der Waals surface area contributed by atoms with Crippen LogP contribution in [-0.4, -0.2) is 11.0 Å². The highest BCUT2D eigenvalue weighted by Gasteiger charge is 2.56. The fourth-order valence-electron chi connectivity index (χ4n) is 2.87. The summed E-state index contributed by atoms with van der Waals surface area (Å²) in [7, 11) is 0. The molecule has 0 spiro atoms. The van der Waals surface area contributed by atoms with Crippen molar-refractivity contribution in [3.05, 3.63) is 41.6 Å². The topological polar surface area (TPSA) is 38.9 Å². The molecule has 1 aromatic heterocycles. The molecule has 17 heavy (non-hydrogen) atoms. The number of pyridine rings is 1. The van der Waals surface area contributed by atoms with Gasteiger partial charge in [0.25, 0.3) is 0 Å². The number of hydrogen-bond donors (Lipinski definition) is 1. The first-order valence-corrected chi connectivity index (χ1v) is 6.13. The number of benzene rings is 1. The van der Waals surface area contributed by atoms with E-state index in [1.165, 1.54) is 10.9 Å². The number of nitrogens with zero attached hydrogens (tertiary/aromatic N) is 1. The number of rotatable bonds is 1. The van der Waals surface area contributed by atoms with E-state index >= 15 is 0 Å². The van der Waals surface area contributed by atoms with Crippen LogP contribution in [0.2, 0.25) is 0 Å². The SMILES string of the molecule is Cc1cc(C2C(N)C2(C)C)c2ccccc2n1. The molecular weight excluding hydrogens is 208 g/mol. The highest BCUT2D eigenvalue weighted by atomic mass is 14.8. The van der Waals surface area contributed by atoms with E-state index in [0.717, 1.165) is 11.2 Å². The molecule has 2 nitrogen and oxygen atoms in total. The molecule has 0 amide bonds. The zero-order valence-corrected chi connectivity index (χ0v) is 10.6. The minimum atomic E-state index is 0.219. The van der Waals surface area contributed by atoms with Crippen LogP contribution in [0.4, 0.5) is 0 Å². The number of fused-ring (bicyclic) bond motifs is 1. The van der Waals surface area contributed by atoms with Gasteiger partial charge >= 0.3 is 0 Å². The first-order chi connectivity index (χ1) is 8.01. The number of nitrogens with two attached hydrogens (primary N) is 1. The van der Waals surface area contributed by atoms with Crippen molar-refractivity contribution in [3.63, 3.8) is 0 Å². The zero-order chi connectivity index (χ0) is 12.2. The lowest BCUT2D eigenvalue weighted by molar-refractivity contribution is 0.600. The molecule has 0 radical (unpaired) electrons. The Morgan fingerprint density at radius 1 is 1.24 bits per heavy atom. The van der Waals surface area contributed by atoms with Crippen LogP contribution >= 0.6 is 0 Å². The third-order valence-corrected chi connectivity index (χ3v) is 4.12. The van der Waals surface area contributed by atoms with Gasteiger partial charge in [-0.05, 0) is 30.0 Å². The van der Waals surface area contributed by atoms with Crippen molar-refractivity contribution >= 4 is 10.9 Å². The fourth-order valence-corrected chi connectivity index (χ4v) is 2.87. The van der Waals surface area contributed by atoms with Gasteiger partial charge in [0.2, 0.25) is 0 Å². The normalized spacial score (nSPS) is 26.1. The lowest BCUT2D eigenvalue weighted by atomic mass is 9.98. The van der Waals surface area contributed by atoms with Crippen LogP contribution in [0.5, 0.6) is 0 Å². The van der Waals surface area contributed by atoms with Crippen LogP contribution in [0.25, 0.3) is 10.9 Å². The summed E-state index contributed by atoms with van der Waals surface area (Å²) in [5.41, 5.74) is 9.94. The maximum Gasteiger partial charge on any atom is 0.0708 e.